The normalized spacial score (nSPS) is 13.2. The van der Waals surface area contributed by atoms with Gasteiger partial charge >= 0.3 is 0 Å². The van der Waals surface area contributed by atoms with Crippen molar-refractivity contribution in [3.05, 3.63) is 30.2 Å². The summed E-state index contributed by atoms with van der Waals surface area (Å²) in [5, 5.41) is 4.11. The summed E-state index contributed by atoms with van der Waals surface area (Å²) in [7, 11) is 0. The molecule has 0 aliphatic heterocycles. The lowest BCUT2D eigenvalue weighted by Crippen LogP contribution is -2.11. The summed E-state index contributed by atoms with van der Waals surface area (Å²) >= 11 is 0. The second kappa shape index (κ2) is 4.40. The van der Waals surface area contributed by atoms with Crippen LogP contribution in [0.4, 0.5) is 0 Å². The van der Waals surface area contributed by atoms with E-state index in [0.29, 0.717) is 5.92 Å². The monoisotopic (exact) mass is 204 g/mol. The second-order valence-electron chi connectivity index (χ2n) is 3.93. The molecule has 2 aromatic heterocycles. The van der Waals surface area contributed by atoms with Crippen LogP contribution in [0.25, 0.3) is 5.65 Å². The minimum Gasteiger partial charge on any atom is -0.330 e. The van der Waals surface area contributed by atoms with Gasteiger partial charge in [-0.1, -0.05) is 6.92 Å². The fourth-order valence-electron chi connectivity index (χ4n) is 1.50. The van der Waals surface area contributed by atoms with Gasteiger partial charge in [0.05, 0.1) is 6.20 Å². The summed E-state index contributed by atoms with van der Waals surface area (Å²) in [6.45, 7) is 2.91. The highest BCUT2D eigenvalue weighted by Crippen LogP contribution is 2.07. The molecule has 80 valence electrons. The molecule has 2 rings (SSSR count). The van der Waals surface area contributed by atoms with Crippen molar-refractivity contribution in [1.82, 2.24) is 14.6 Å². The molecule has 0 amide bonds. The van der Waals surface area contributed by atoms with Gasteiger partial charge in [-0.15, -0.1) is 0 Å². The van der Waals surface area contributed by atoms with E-state index in [4.69, 9.17) is 5.73 Å². The number of aryl methyl sites for hydroxylation is 1. The number of aromatic nitrogens is 3. The van der Waals surface area contributed by atoms with Gasteiger partial charge in [0.1, 0.15) is 0 Å². The average Bonchev–Trinajstić information content (AvgIpc) is 2.72. The Morgan fingerprint density at radius 2 is 2.33 bits per heavy atom. The molecule has 0 bridgehead atoms. The van der Waals surface area contributed by atoms with Gasteiger partial charge in [-0.05, 0) is 31.4 Å². The fourth-order valence-corrected chi connectivity index (χ4v) is 1.50. The van der Waals surface area contributed by atoms with E-state index in [1.807, 2.05) is 18.3 Å². The molecule has 0 aromatic carbocycles. The molecule has 0 radical (unpaired) electrons. The highest BCUT2D eigenvalue weighted by molar-refractivity contribution is 5.36. The van der Waals surface area contributed by atoms with E-state index in [0.717, 1.165) is 30.7 Å². The molecule has 1 atom stereocenters. The van der Waals surface area contributed by atoms with Crippen molar-refractivity contribution in [1.29, 1.82) is 0 Å². The molecule has 0 aliphatic rings. The molecule has 4 heteroatoms. The number of nitrogens with zero attached hydrogens (tertiary/aromatic N) is 3. The first kappa shape index (κ1) is 10.1. The van der Waals surface area contributed by atoms with E-state index in [2.05, 4.69) is 17.0 Å². The molecular weight excluding hydrogens is 188 g/mol. The highest BCUT2D eigenvalue weighted by Gasteiger charge is 2.02. The number of rotatable bonds is 4. The van der Waals surface area contributed by atoms with Crippen LogP contribution in [0.15, 0.2) is 24.5 Å². The van der Waals surface area contributed by atoms with Gasteiger partial charge in [0.15, 0.2) is 5.65 Å². The Morgan fingerprint density at radius 3 is 3.13 bits per heavy atom. The highest BCUT2D eigenvalue weighted by atomic mass is 15.2. The van der Waals surface area contributed by atoms with Gasteiger partial charge in [-0.2, -0.15) is 5.10 Å². The van der Waals surface area contributed by atoms with E-state index in [9.17, 15) is 0 Å². The van der Waals surface area contributed by atoms with Gasteiger partial charge in [-0.3, -0.25) is 0 Å². The van der Waals surface area contributed by atoms with Gasteiger partial charge < -0.3 is 5.73 Å². The maximum absolute atomic E-state index is 5.58. The number of hydrogen-bond donors (Lipinski definition) is 1. The lowest BCUT2D eigenvalue weighted by Gasteiger charge is -2.07. The first-order chi connectivity index (χ1) is 7.29. The summed E-state index contributed by atoms with van der Waals surface area (Å²) in [5.74, 6) is 0.563. The largest absolute Gasteiger partial charge is 0.330 e. The van der Waals surface area contributed by atoms with Crippen molar-refractivity contribution in [3.63, 3.8) is 0 Å². The summed E-state index contributed by atoms with van der Waals surface area (Å²) in [6, 6.07) is 3.93. The predicted octanol–water partition coefficient (Wildman–Crippen LogP) is 1.26. The van der Waals surface area contributed by atoms with Crippen LogP contribution < -0.4 is 5.73 Å². The van der Waals surface area contributed by atoms with E-state index in [-0.39, 0.29) is 0 Å². The molecule has 1 unspecified atom stereocenters. The lowest BCUT2D eigenvalue weighted by atomic mass is 10.0. The Kier molecular flexibility index (Phi) is 2.97. The predicted molar refractivity (Wildman–Crippen MR) is 59.5 cm³/mol. The van der Waals surface area contributed by atoms with Crippen molar-refractivity contribution >= 4 is 5.65 Å². The van der Waals surface area contributed by atoms with Crippen LogP contribution in [0.2, 0.25) is 0 Å². The van der Waals surface area contributed by atoms with Crippen LogP contribution >= 0.6 is 0 Å². The third kappa shape index (κ3) is 2.33. The summed E-state index contributed by atoms with van der Waals surface area (Å²) in [6.07, 6.45) is 5.78. The van der Waals surface area contributed by atoms with Crippen molar-refractivity contribution in [3.8, 4) is 0 Å². The third-order valence-corrected chi connectivity index (χ3v) is 2.61. The van der Waals surface area contributed by atoms with Crippen molar-refractivity contribution in [2.45, 2.75) is 19.8 Å². The van der Waals surface area contributed by atoms with Crippen molar-refractivity contribution in [2.24, 2.45) is 11.7 Å². The molecule has 0 saturated carbocycles. The Hall–Kier alpha value is -1.42. The zero-order valence-corrected chi connectivity index (χ0v) is 8.93. The summed E-state index contributed by atoms with van der Waals surface area (Å²) < 4.78 is 1.77. The van der Waals surface area contributed by atoms with Gasteiger partial charge in [0.2, 0.25) is 0 Å². The summed E-state index contributed by atoms with van der Waals surface area (Å²) in [4.78, 5) is 4.50. The minimum atomic E-state index is 0.563. The molecule has 4 nitrogen and oxygen atoms in total. The number of nitrogens with two attached hydrogens (primary N) is 1. The molecule has 15 heavy (non-hydrogen) atoms. The minimum absolute atomic E-state index is 0.563. The van der Waals surface area contributed by atoms with Crippen LogP contribution in [0.5, 0.6) is 0 Å². The first-order valence-corrected chi connectivity index (χ1v) is 5.29. The standard InChI is InChI=1S/C11H16N4/c1-9(8-12)2-3-10-5-7-15-11(14-10)4-6-13-15/h4-7,9H,2-3,8,12H2,1H3. The fraction of sp³-hybridized carbons (Fsp3) is 0.455. The molecular formula is C11H16N4. The molecule has 0 spiro atoms. The van der Waals surface area contributed by atoms with Crippen LogP contribution in [-0.4, -0.2) is 21.1 Å². The Morgan fingerprint density at radius 1 is 1.47 bits per heavy atom. The van der Waals surface area contributed by atoms with E-state index in [1.165, 1.54) is 0 Å². The van der Waals surface area contributed by atoms with Gasteiger partial charge in [0.25, 0.3) is 0 Å². The quantitative estimate of drug-likeness (QED) is 0.815. The Balaban J connectivity index is 2.08. The second-order valence-corrected chi connectivity index (χ2v) is 3.93. The van der Waals surface area contributed by atoms with E-state index < -0.39 is 0 Å². The zero-order chi connectivity index (χ0) is 10.7. The van der Waals surface area contributed by atoms with Crippen LogP contribution in [0.3, 0.4) is 0 Å². The maximum Gasteiger partial charge on any atom is 0.155 e. The van der Waals surface area contributed by atoms with E-state index in [1.54, 1.807) is 10.7 Å². The average molecular weight is 204 g/mol. The topological polar surface area (TPSA) is 56.2 Å². The van der Waals surface area contributed by atoms with Gasteiger partial charge in [-0.25, -0.2) is 9.50 Å². The summed E-state index contributed by atoms with van der Waals surface area (Å²) in [5.41, 5.74) is 7.60. The Labute approximate surface area is 89.1 Å². The third-order valence-electron chi connectivity index (χ3n) is 2.61. The lowest BCUT2D eigenvalue weighted by molar-refractivity contribution is 0.541. The smallest absolute Gasteiger partial charge is 0.155 e. The molecule has 0 saturated heterocycles. The molecule has 0 fully saturated rings. The molecule has 2 heterocycles. The van der Waals surface area contributed by atoms with Crippen molar-refractivity contribution < 1.29 is 0 Å². The van der Waals surface area contributed by atoms with Crippen LogP contribution in [-0.2, 0) is 6.42 Å². The van der Waals surface area contributed by atoms with Crippen LogP contribution in [0, 0.1) is 5.92 Å². The number of hydrogen-bond acceptors (Lipinski definition) is 3. The Bertz CT molecular complexity index is 435. The van der Waals surface area contributed by atoms with Crippen LogP contribution in [0.1, 0.15) is 19.0 Å². The molecule has 2 N–H and O–H groups in total. The molecule has 2 aromatic rings. The number of fused-ring (bicyclic) bond motifs is 1. The van der Waals surface area contributed by atoms with Crippen molar-refractivity contribution in [2.75, 3.05) is 6.54 Å². The zero-order valence-electron chi connectivity index (χ0n) is 8.93. The molecule has 0 aliphatic carbocycles. The SMILES string of the molecule is CC(CN)CCc1ccn2nccc2n1. The van der Waals surface area contributed by atoms with E-state index >= 15 is 0 Å². The first-order valence-electron chi connectivity index (χ1n) is 5.29. The maximum atomic E-state index is 5.58. The van der Waals surface area contributed by atoms with Gasteiger partial charge in [0, 0.05) is 18.0 Å².